The van der Waals surface area contributed by atoms with Crippen molar-refractivity contribution < 1.29 is 26.7 Å². The molecule has 1 unspecified atom stereocenters. The lowest BCUT2D eigenvalue weighted by molar-refractivity contribution is -0.137. The molecule has 0 bridgehead atoms. The molecular weight excluding hydrogens is 441 g/mol. The van der Waals surface area contributed by atoms with Gasteiger partial charge in [-0.1, -0.05) is 23.7 Å². The number of pyridine rings is 1. The predicted octanol–water partition coefficient (Wildman–Crippen LogP) is 5.39. The lowest BCUT2D eigenvalue weighted by Gasteiger charge is -2.11. The Balaban J connectivity index is 1.79. The molecule has 1 atom stereocenters. The van der Waals surface area contributed by atoms with Crippen molar-refractivity contribution >= 4 is 34.3 Å². The number of hydrogen-bond donors (Lipinski definition) is 2. The Kier molecular flexibility index (Phi) is 6.55. The summed E-state index contributed by atoms with van der Waals surface area (Å²) in [5.74, 6) is -0.469. The zero-order chi connectivity index (χ0) is 21.9. The molecule has 0 saturated heterocycles. The van der Waals surface area contributed by atoms with Gasteiger partial charge in [0.1, 0.15) is 0 Å². The van der Waals surface area contributed by atoms with Crippen LogP contribution in [0.15, 0.2) is 60.8 Å². The van der Waals surface area contributed by atoms with E-state index in [2.05, 4.69) is 10.3 Å². The van der Waals surface area contributed by atoms with Gasteiger partial charge in [0.2, 0.25) is 0 Å². The maximum Gasteiger partial charge on any atom is 0.417 e. The summed E-state index contributed by atoms with van der Waals surface area (Å²) in [6, 6.07) is 12.9. The lowest BCUT2D eigenvalue weighted by Crippen LogP contribution is -2.12. The van der Waals surface area contributed by atoms with Crippen LogP contribution in [0.2, 0.25) is 5.02 Å². The van der Waals surface area contributed by atoms with Crippen LogP contribution in [0.5, 0.6) is 0 Å². The van der Waals surface area contributed by atoms with E-state index in [-0.39, 0.29) is 16.5 Å². The number of carbonyl (C=O) groups excluding carboxylic acids is 1. The SMILES string of the molecule is O=C(Nc1ccc(Cl)c(-c2ccc(C(F)(F)F)cn2)c1)c1ccc(CS(=O)O)cc1. The Hall–Kier alpha value is -2.75. The first kappa shape index (κ1) is 21.9. The van der Waals surface area contributed by atoms with Crippen LogP contribution in [0.3, 0.4) is 0 Å². The molecule has 1 heterocycles. The fourth-order valence-electron chi connectivity index (χ4n) is 2.62. The Morgan fingerprint density at radius 1 is 1.10 bits per heavy atom. The van der Waals surface area contributed by atoms with Crippen LogP contribution in [0.1, 0.15) is 21.5 Å². The average Bonchev–Trinajstić information content (AvgIpc) is 2.69. The number of amides is 1. The Morgan fingerprint density at radius 3 is 2.37 bits per heavy atom. The molecule has 2 aromatic carbocycles. The summed E-state index contributed by atoms with van der Waals surface area (Å²) < 4.78 is 57.9. The highest BCUT2D eigenvalue weighted by atomic mass is 35.5. The molecule has 0 aliphatic rings. The number of alkyl halides is 3. The molecule has 1 amide bonds. The smallest absolute Gasteiger partial charge is 0.322 e. The van der Waals surface area contributed by atoms with Crippen LogP contribution >= 0.6 is 11.6 Å². The Labute approximate surface area is 177 Å². The molecule has 2 N–H and O–H groups in total. The second-order valence-corrected chi connectivity index (χ2v) is 7.58. The first-order chi connectivity index (χ1) is 14.1. The normalized spacial score (nSPS) is 12.4. The highest BCUT2D eigenvalue weighted by Crippen LogP contribution is 2.33. The van der Waals surface area contributed by atoms with E-state index in [0.717, 1.165) is 12.3 Å². The fraction of sp³-hybridized carbons (Fsp3) is 0.100. The molecule has 3 rings (SSSR count). The van der Waals surface area contributed by atoms with Crippen molar-refractivity contribution in [2.45, 2.75) is 11.9 Å². The van der Waals surface area contributed by atoms with E-state index in [1.54, 1.807) is 18.2 Å². The zero-order valence-electron chi connectivity index (χ0n) is 15.1. The predicted molar refractivity (Wildman–Crippen MR) is 109 cm³/mol. The van der Waals surface area contributed by atoms with Gasteiger partial charge < -0.3 is 9.87 Å². The average molecular weight is 455 g/mol. The van der Waals surface area contributed by atoms with Crippen LogP contribution in [0.25, 0.3) is 11.3 Å². The summed E-state index contributed by atoms with van der Waals surface area (Å²) in [7, 11) is 0. The quantitative estimate of drug-likeness (QED) is 0.506. The highest BCUT2D eigenvalue weighted by molar-refractivity contribution is 7.78. The van der Waals surface area contributed by atoms with Gasteiger partial charge in [0, 0.05) is 23.0 Å². The molecular formula is C20H14ClF3N2O3S. The van der Waals surface area contributed by atoms with Crippen LogP contribution in [0.4, 0.5) is 18.9 Å². The monoisotopic (exact) mass is 454 g/mol. The maximum atomic E-state index is 12.7. The minimum Gasteiger partial charge on any atom is -0.322 e. The van der Waals surface area contributed by atoms with Gasteiger partial charge in [-0.25, -0.2) is 4.21 Å². The minimum absolute atomic E-state index is 0.0391. The van der Waals surface area contributed by atoms with Gasteiger partial charge in [-0.3, -0.25) is 9.78 Å². The largest absolute Gasteiger partial charge is 0.417 e. The topological polar surface area (TPSA) is 79.3 Å². The van der Waals surface area contributed by atoms with E-state index in [9.17, 15) is 22.2 Å². The molecule has 5 nitrogen and oxygen atoms in total. The number of aromatic nitrogens is 1. The van der Waals surface area contributed by atoms with E-state index in [1.807, 2.05) is 0 Å². The summed E-state index contributed by atoms with van der Waals surface area (Å²) in [6.45, 7) is 0. The number of hydrogen-bond acceptors (Lipinski definition) is 3. The standard InChI is InChI=1S/C20H14ClF3N2O3S/c21-17-7-6-15(9-16(17)18-8-5-14(10-25-18)20(22,23)24)26-19(27)13-3-1-12(2-4-13)11-30(28)29/h1-10H,11H2,(H,26,27)(H,28,29). The Morgan fingerprint density at radius 2 is 1.80 bits per heavy atom. The van der Waals surface area contributed by atoms with E-state index >= 15 is 0 Å². The maximum absolute atomic E-state index is 12.7. The van der Waals surface area contributed by atoms with Gasteiger partial charge in [0.25, 0.3) is 5.91 Å². The molecule has 0 radical (unpaired) electrons. The van der Waals surface area contributed by atoms with Crippen LogP contribution < -0.4 is 5.32 Å². The van der Waals surface area contributed by atoms with Crippen molar-refractivity contribution in [3.8, 4) is 11.3 Å². The molecule has 0 aliphatic heterocycles. The first-order valence-corrected chi connectivity index (χ1v) is 10.1. The lowest BCUT2D eigenvalue weighted by atomic mass is 10.1. The summed E-state index contributed by atoms with van der Waals surface area (Å²) in [5.41, 5.74) is 1.03. The van der Waals surface area contributed by atoms with E-state index in [1.165, 1.54) is 30.3 Å². The van der Waals surface area contributed by atoms with Gasteiger partial charge in [0.05, 0.1) is 22.0 Å². The van der Waals surface area contributed by atoms with Crippen molar-refractivity contribution in [1.29, 1.82) is 0 Å². The fourth-order valence-corrected chi connectivity index (χ4v) is 3.31. The minimum atomic E-state index is -4.49. The summed E-state index contributed by atoms with van der Waals surface area (Å²) in [4.78, 5) is 16.3. The van der Waals surface area contributed by atoms with Gasteiger partial charge in [-0.05, 0) is 48.0 Å². The molecule has 0 saturated carbocycles. The van der Waals surface area contributed by atoms with Crippen molar-refractivity contribution in [2.75, 3.05) is 5.32 Å². The Bertz CT molecular complexity index is 1090. The number of halogens is 4. The molecule has 1 aromatic heterocycles. The highest BCUT2D eigenvalue weighted by Gasteiger charge is 2.30. The first-order valence-electron chi connectivity index (χ1n) is 8.44. The van der Waals surface area contributed by atoms with Gasteiger partial charge >= 0.3 is 6.18 Å². The number of benzene rings is 2. The zero-order valence-corrected chi connectivity index (χ0v) is 16.7. The van der Waals surface area contributed by atoms with E-state index in [4.69, 9.17) is 16.2 Å². The van der Waals surface area contributed by atoms with Crippen molar-refractivity contribution in [3.05, 3.63) is 82.5 Å². The summed E-state index contributed by atoms with van der Waals surface area (Å²) in [6.07, 6.45) is -3.77. The molecule has 0 aliphatic carbocycles. The van der Waals surface area contributed by atoms with Crippen molar-refractivity contribution in [2.24, 2.45) is 0 Å². The molecule has 3 aromatic rings. The number of rotatable bonds is 5. The number of nitrogens with zero attached hydrogens (tertiary/aromatic N) is 1. The second-order valence-electron chi connectivity index (χ2n) is 6.24. The second kappa shape index (κ2) is 8.95. The number of nitrogens with one attached hydrogen (secondary N) is 1. The summed E-state index contributed by atoms with van der Waals surface area (Å²) in [5, 5.41) is 2.94. The third-order valence-corrected chi connectivity index (χ3v) is 5.01. The third-order valence-electron chi connectivity index (χ3n) is 4.10. The van der Waals surface area contributed by atoms with E-state index < -0.39 is 28.7 Å². The van der Waals surface area contributed by atoms with Gasteiger partial charge in [-0.2, -0.15) is 13.2 Å². The van der Waals surface area contributed by atoms with Crippen LogP contribution in [-0.4, -0.2) is 19.7 Å². The molecule has 10 heteroatoms. The summed E-state index contributed by atoms with van der Waals surface area (Å²) >= 11 is 4.18. The van der Waals surface area contributed by atoms with Crippen molar-refractivity contribution in [1.82, 2.24) is 4.98 Å². The van der Waals surface area contributed by atoms with Crippen LogP contribution in [0, 0.1) is 0 Å². The van der Waals surface area contributed by atoms with Crippen LogP contribution in [-0.2, 0) is 23.0 Å². The van der Waals surface area contributed by atoms with Crippen molar-refractivity contribution in [3.63, 3.8) is 0 Å². The molecule has 0 fully saturated rings. The molecule has 30 heavy (non-hydrogen) atoms. The van der Waals surface area contributed by atoms with E-state index in [0.29, 0.717) is 22.4 Å². The number of anilines is 1. The van der Waals surface area contributed by atoms with Gasteiger partial charge in [-0.15, -0.1) is 0 Å². The molecule has 156 valence electrons. The third kappa shape index (κ3) is 5.44. The number of carbonyl (C=O) groups is 1. The van der Waals surface area contributed by atoms with Gasteiger partial charge in [0.15, 0.2) is 11.1 Å². The molecule has 0 spiro atoms.